The third kappa shape index (κ3) is 2.63. The lowest BCUT2D eigenvalue weighted by atomic mass is 10.1. The van der Waals surface area contributed by atoms with Crippen molar-refractivity contribution in [2.75, 3.05) is 7.11 Å². The van der Waals surface area contributed by atoms with E-state index in [1.165, 1.54) is 0 Å². The summed E-state index contributed by atoms with van der Waals surface area (Å²) in [5, 5.41) is 10.5. The molecule has 102 valence electrons. The molecule has 0 saturated carbocycles. The Kier molecular flexibility index (Phi) is 3.90. The predicted molar refractivity (Wildman–Crippen MR) is 74.4 cm³/mol. The number of ether oxygens (including phenoxy) is 1. The highest BCUT2D eigenvalue weighted by molar-refractivity contribution is 5.33. The molecule has 0 fully saturated rings. The maximum Gasteiger partial charge on any atom is 0.121 e. The molecule has 1 aromatic carbocycles. The van der Waals surface area contributed by atoms with Crippen molar-refractivity contribution in [3.05, 3.63) is 47.5 Å². The molecular formula is C15H20N2O2. The fraction of sp³-hybridized carbons (Fsp3) is 0.400. The van der Waals surface area contributed by atoms with Crippen molar-refractivity contribution in [1.82, 2.24) is 9.55 Å². The quantitative estimate of drug-likeness (QED) is 0.919. The lowest BCUT2D eigenvalue weighted by molar-refractivity contribution is 0.210. The molecule has 0 aliphatic heterocycles. The van der Waals surface area contributed by atoms with Gasteiger partial charge < -0.3 is 14.4 Å². The Morgan fingerprint density at radius 2 is 2.05 bits per heavy atom. The van der Waals surface area contributed by atoms with E-state index in [0.29, 0.717) is 5.92 Å². The number of aliphatic hydroxyl groups is 1. The molecule has 1 N–H and O–H groups in total. The van der Waals surface area contributed by atoms with Crippen molar-refractivity contribution in [1.29, 1.82) is 0 Å². The first-order valence-electron chi connectivity index (χ1n) is 6.38. The summed E-state index contributed by atoms with van der Waals surface area (Å²) in [7, 11) is 3.55. The monoisotopic (exact) mass is 260 g/mol. The standard InChI is InChI=1S/C15H20N2O2/c1-10(2)15-16-9-13(17(15)3)14(18)11-6-5-7-12(8-11)19-4/h5-10,14,18H,1-4H3/t14-/m1/s1. The third-order valence-electron chi connectivity index (χ3n) is 3.27. The van der Waals surface area contributed by atoms with Gasteiger partial charge in [-0.25, -0.2) is 4.98 Å². The highest BCUT2D eigenvalue weighted by Crippen LogP contribution is 2.26. The fourth-order valence-electron chi connectivity index (χ4n) is 2.21. The SMILES string of the molecule is COc1cccc([C@@H](O)c2cnc(C(C)C)n2C)c1. The van der Waals surface area contributed by atoms with Crippen LogP contribution in [0.5, 0.6) is 5.75 Å². The molecule has 2 rings (SSSR count). The van der Waals surface area contributed by atoms with Gasteiger partial charge in [-0.05, 0) is 17.7 Å². The van der Waals surface area contributed by atoms with E-state index in [-0.39, 0.29) is 0 Å². The molecule has 1 aromatic heterocycles. The van der Waals surface area contributed by atoms with Crippen LogP contribution in [0.4, 0.5) is 0 Å². The van der Waals surface area contributed by atoms with Crippen LogP contribution in [0, 0.1) is 0 Å². The largest absolute Gasteiger partial charge is 0.497 e. The zero-order valence-corrected chi connectivity index (χ0v) is 11.8. The Labute approximate surface area is 113 Å². The number of imidazole rings is 1. The second-order valence-corrected chi connectivity index (χ2v) is 4.93. The lowest BCUT2D eigenvalue weighted by Crippen LogP contribution is -2.08. The molecule has 4 nitrogen and oxygen atoms in total. The molecule has 0 bridgehead atoms. The van der Waals surface area contributed by atoms with Crippen LogP contribution in [-0.4, -0.2) is 21.8 Å². The summed E-state index contributed by atoms with van der Waals surface area (Å²) in [4.78, 5) is 4.38. The van der Waals surface area contributed by atoms with E-state index in [0.717, 1.165) is 22.8 Å². The summed E-state index contributed by atoms with van der Waals surface area (Å²) in [5.74, 6) is 2.04. The molecule has 0 aliphatic carbocycles. The van der Waals surface area contributed by atoms with Crippen molar-refractivity contribution < 1.29 is 9.84 Å². The number of nitrogens with zero attached hydrogens (tertiary/aromatic N) is 2. The zero-order valence-electron chi connectivity index (χ0n) is 11.8. The van der Waals surface area contributed by atoms with Gasteiger partial charge in [0.25, 0.3) is 0 Å². The molecule has 0 amide bonds. The van der Waals surface area contributed by atoms with Crippen LogP contribution in [0.15, 0.2) is 30.5 Å². The van der Waals surface area contributed by atoms with E-state index in [1.807, 2.05) is 35.9 Å². The Balaban J connectivity index is 2.35. The molecule has 2 aromatic rings. The van der Waals surface area contributed by atoms with Crippen LogP contribution >= 0.6 is 0 Å². The van der Waals surface area contributed by atoms with Gasteiger partial charge in [0.1, 0.15) is 17.7 Å². The Bertz CT molecular complexity index is 561. The number of aliphatic hydroxyl groups excluding tert-OH is 1. The molecule has 0 unspecified atom stereocenters. The van der Waals surface area contributed by atoms with E-state index in [4.69, 9.17) is 4.74 Å². The molecule has 1 atom stereocenters. The average molecular weight is 260 g/mol. The van der Waals surface area contributed by atoms with Gasteiger partial charge in [-0.1, -0.05) is 26.0 Å². The minimum absolute atomic E-state index is 0.330. The highest BCUT2D eigenvalue weighted by Gasteiger charge is 2.18. The molecule has 0 aliphatic rings. The predicted octanol–water partition coefficient (Wildman–Crippen LogP) is 2.63. The lowest BCUT2D eigenvalue weighted by Gasteiger charge is -2.14. The average Bonchev–Trinajstić information content (AvgIpc) is 2.80. The summed E-state index contributed by atoms with van der Waals surface area (Å²) < 4.78 is 7.13. The number of aromatic nitrogens is 2. The molecular weight excluding hydrogens is 240 g/mol. The Morgan fingerprint density at radius 3 is 2.63 bits per heavy atom. The minimum atomic E-state index is -0.694. The van der Waals surface area contributed by atoms with Crippen molar-refractivity contribution in [2.45, 2.75) is 25.9 Å². The number of hydrogen-bond donors (Lipinski definition) is 1. The van der Waals surface area contributed by atoms with Gasteiger partial charge in [0, 0.05) is 13.0 Å². The Morgan fingerprint density at radius 1 is 1.32 bits per heavy atom. The van der Waals surface area contributed by atoms with E-state index in [1.54, 1.807) is 13.3 Å². The summed E-state index contributed by atoms with van der Waals surface area (Å²) in [6.07, 6.45) is 1.04. The van der Waals surface area contributed by atoms with Gasteiger partial charge in [0.05, 0.1) is 19.0 Å². The number of hydrogen-bond acceptors (Lipinski definition) is 3. The van der Waals surface area contributed by atoms with Gasteiger partial charge in [-0.2, -0.15) is 0 Å². The van der Waals surface area contributed by atoms with Gasteiger partial charge in [-0.15, -0.1) is 0 Å². The summed E-state index contributed by atoms with van der Waals surface area (Å²) >= 11 is 0. The van der Waals surface area contributed by atoms with Gasteiger partial charge in [0.2, 0.25) is 0 Å². The highest BCUT2D eigenvalue weighted by atomic mass is 16.5. The van der Waals surface area contributed by atoms with E-state index >= 15 is 0 Å². The van der Waals surface area contributed by atoms with Gasteiger partial charge in [-0.3, -0.25) is 0 Å². The van der Waals surface area contributed by atoms with Gasteiger partial charge in [0.15, 0.2) is 0 Å². The summed E-state index contributed by atoms with van der Waals surface area (Å²) in [5.41, 5.74) is 1.59. The molecule has 19 heavy (non-hydrogen) atoms. The van der Waals surface area contributed by atoms with Crippen molar-refractivity contribution >= 4 is 0 Å². The first-order valence-corrected chi connectivity index (χ1v) is 6.38. The molecule has 0 saturated heterocycles. The molecule has 4 heteroatoms. The van der Waals surface area contributed by atoms with Crippen LogP contribution in [-0.2, 0) is 7.05 Å². The Hall–Kier alpha value is -1.81. The molecule has 0 radical (unpaired) electrons. The normalized spacial score (nSPS) is 12.7. The zero-order chi connectivity index (χ0) is 14.0. The maximum atomic E-state index is 10.5. The third-order valence-corrected chi connectivity index (χ3v) is 3.27. The van der Waals surface area contributed by atoms with Crippen molar-refractivity contribution in [2.24, 2.45) is 7.05 Å². The van der Waals surface area contributed by atoms with Crippen LogP contribution < -0.4 is 4.74 Å². The summed E-state index contributed by atoms with van der Waals surface area (Å²) in [6, 6.07) is 7.46. The first-order chi connectivity index (χ1) is 9.04. The van der Waals surface area contributed by atoms with E-state index < -0.39 is 6.10 Å². The first kappa shape index (κ1) is 13.6. The van der Waals surface area contributed by atoms with Gasteiger partial charge >= 0.3 is 0 Å². The van der Waals surface area contributed by atoms with Crippen molar-refractivity contribution in [3.8, 4) is 5.75 Å². The van der Waals surface area contributed by atoms with E-state index in [2.05, 4.69) is 18.8 Å². The van der Waals surface area contributed by atoms with Crippen LogP contribution in [0.2, 0.25) is 0 Å². The van der Waals surface area contributed by atoms with Crippen LogP contribution in [0.25, 0.3) is 0 Å². The number of rotatable bonds is 4. The molecule has 0 spiro atoms. The minimum Gasteiger partial charge on any atom is -0.497 e. The smallest absolute Gasteiger partial charge is 0.121 e. The second-order valence-electron chi connectivity index (χ2n) is 4.93. The molecule has 1 heterocycles. The van der Waals surface area contributed by atoms with Crippen LogP contribution in [0.1, 0.15) is 43.0 Å². The van der Waals surface area contributed by atoms with Crippen LogP contribution in [0.3, 0.4) is 0 Å². The van der Waals surface area contributed by atoms with Crippen molar-refractivity contribution in [3.63, 3.8) is 0 Å². The topological polar surface area (TPSA) is 47.3 Å². The second kappa shape index (κ2) is 5.45. The number of methoxy groups -OCH3 is 1. The summed E-state index contributed by atoms with van der Waals surface area (Å²) in [6.45, 7) is 4.17. The van der Waals surface area contributed by atoms with E-state index in [9.17, 15) is 5.11 Å². The number of benzene rings is 1. The fourth-order valence-corrected chi connectivity index (χ4v) is 2.21. The maximum absolute atomic E-state index is 10.5.